The number of nitrogens with one attached hydrogen (secondary N) is 1. The second-order valence-corrected chi connectivity index (χ2v) is 8.08. The van der Waals surface area contributed by atoms with Crippen molar-refractivity contribution in [3.05, 3.63) is 65.6 Å². The number of fused-ring (bicyclic) bond motifs is 1. The minimum atomic E-state index is -4.94. The molecule has 0 saturated carbocycles. The van der Waals surface area contributed by atoms with Crippen molar-refractivity contribution < 1.29 is 26.8 Å². The summed E-state index contributed by atoms with van der Waals surface area (Å²) in [7, 11) is 0. The Morgan fingerprint density at radius 3 is 2.38 bits per heavy atom. The van der Waals surface area contributed by atoms with Crippen molar-refractivity contribution in [2.75, 3.05) is 5.32 Å². The smallest absolute Gasteiger partial charge is 0.435 e. The van der Waals surface area contributed by atoms with Gasteiger partial charge in [0, 0.05) is 11.1 Å². The fourth-order valence-corrected chi connectivity index (χ4v) is 2.97. The number of rotatable bonds is 3. The average molecular weight is 447 g/mol. The Morgan fingerprint density at radius 1 is 1.06 bits per heavy atom. The number of benzene rings is 2. The number of alkyl halides is 3. The first-order valence-corrected chi connectivity index (χ1v) is 9.45. The van der Waals surface area contributed by atoms with Crippen molar-refractivity contribution in [2.24, 2.45) is 0 Å². The van der Waals surface area contributed by atoms with Crippen molar-refractivity contribution in [1.82, 2.24) is 20.0 Å². The number of amides is 1. The van der Waals surface area contributed by atoms with Gasteiger partial charge in [0.25, 0.3) is 5.91 Å². The van der Waals surface area contributed by atoms with E-state index in [1.165, 1.54) is 12.1 Å². The Labute approximate surface area is 179 Å². The lowest BCUT2D eigenvalue weighted by Gasteiger charge is -2.11. The number of carbonyl (C=O) groups is 1. The van der Waals surface area contributed by atoms with Crippen molar-refractivity contribution in [1.29, 1.82) is 0 Å². The van der Waals surface area contributed by atoms with E-state index < -0.39 is 29.3 Å². The van der Waals surface area contributed by atoms with Gasteiger partial charge in [-0.3, -0.25) is 4.79 Å². The third kappa shape index (κ3) is 4.05. The molecular formula is C21H17F4N5O2. The molecule has 0 aliphatic rings. The Kier molecular flexibility index (Phi) is 4.99. The van der Waals surface area contributed by atoms with Crippen LogP contribution in [-0.2, 0) is 11.6 Å². The molecule has 2 aromatic heterocycles. The molecule has 0 bridgehead atoms. The van der Waals surface area contributed by atoms with Crippen molar-refractivity contribution >= 4 is 22.7 Å². The van der Waals surface area contributed by atoms with Crippen molar-refractivity contribution in [3.8, 4) is 5.69 Å². The van der Waals surface area contributed by atoms with E-state index in [4.69, 9.17) is 4.42 Å². The molecule has 7 nitrogen and oxygen atoms in total. The molecule has 2 heterocycles. The van der Waals surface area contributed by atoms with Crippen LogP contribution in [0.4, 0.5) is 23.2 Å². The normalized spacial score (nSPS) is 12.3. The minimum Gasteiger partial charge on any atom is -0.440 e. The van der Waals surface area contributed by atoms with Gasteiger partial charge in [0.15, 0.2) is 17.0 Å². The largest absolute Gasteiger partial charge is 0.440 e. The van der Waals surface area contributed by atoms with Gasteiger partial charge in [-0.05, 0) is 42.5 Å². The lowest BCUT2D eigenvalue weighted by Crippen LogP contribution is -2.21. The van der Waals surface area contributed by atoms with Crippen LogP contribution in [0.25, 0.3) is 16.8 Å². The number of hydrogen-bond acceptors (Lipinski definition) is 5. The number of halogens is 4. The summed E-state index contributed by atoms with van der Waals surface area (Å²) in [5.74, 6) is -1.25. The van der Waals surface area contributed by atoms with Gasteiger partial charge in [0.05, 0.1) is 5.69 Å². The summed E-state index contributed by atoms with van der Waals surface area (Å²) in [4.78, 5) is 17.0. The number of hydrogen-bond donors (Lipinski definition) is 1. The van der Waals surface area contributed by atoms with Gasteiger partial charge in [-0.2, -0.15) is 13.2 Å². The van der Waals surface area contributed by atoms with Crippen molar-refractivity contribution in [2.45, 2.75) is 32.4 Å². The average Bonchev–Trinajstić information content (AvgIpc) is 3.32. The SMILES string of the molecule is CC(C)(C)c1nc2cc(NC(=O)c3nnn(-c4ccc(F)cc4)c3C(F)(F)F)ccc2o1. The van der Waals surface area contributed by atoms with Gasteiger partial charge in [-0.25, -0.2) is 14.1 Å². The summed E-state index contributed by atoms with van der Waals surface area (Å²) < 4.78 is 60.5. The molecule has 0 aliphatic heterocycles. The van der Waals surface area contributed by atoms with E-state index in [2.05, 4.69) is 20.6 Å². The molecular weight excluding hydrogens is 430 g/mol. The van der Waals surface area contributed by atoms with Gasteiger partial charge in [0.2, 0.25) is 5.89 Å². The van der Waals surface area contributed by atoms with Crippen LogP contribution in [0, 0.1) is 5.82 Å². The summed E-state index contributed by atoms with van der Waals surface area (Å²) in [6.07, 6.45) is -4.94. The lowest BCUT2D eigenvalue weighted by atomic mass is 9.97. The van der Waals surface area contributed by atoms with E-state index in [-0.39, 0.29) is 16.8 Å². The molecule has 1 N–H and O–H groups in total. The van der Waals surface area contributed by atoms with Crippen LogP contribution < -0.4 is 5.32 Å². The number of oxazole rings is 1. The first-order chi connectivity index (χ1) is 14.9. The van der Waals surface area contributed by atoms with Crippen LogP contribution in [0.1, 0.15) is 42.8 Å². The maximum Gasteiger partial charge on any atom is 0.435 e. The summed E-state index contributed by atoms with van der Waals surface area (Å²) >= 11 is 0. The second kappa shape index (κ2) is 7.43. The van der Waals surface area contributed by atoms with Gasteiger partial charge < -0.3 is 9.73 Å². The van der Waals surface area contributed by atoms with E-state index in [0.717, 1.165) is 24.3 Å². The molecule has 0 spiro atoms. The van der Waals surface area contributed by atoms with Gasteiger partial charge in [0.1, 0.15) is 11.3 Å². The minimum absolute atomic E-state index is 0.0935. The van der Waals surface area contributed by atoms with Crippen LogP contribution in [0.3, 0.4) is 0 Å². The first-order valence-electron chi connectivity index (χ1n) is 9.45. The maximum absolute atomic E-state index is 13.8. The third-order valence-corrected chi connectivity index (χ3v) is 4.51. The van der Waals surface area contributed by atoms with E-state index >= 15 is 0 Å². The van der Waals surface area contributed by atoms with Crippen LogP contribution in [0.5, 0.6) is 0 Å². The standard InChI is InChI=1S/C21H17F4N5O2/c1-20(2,3)19-27-14-10-12(6-9-15(14)32-19)26-18(31)16-17(21(23,24)25)30(29-28-16)13-7-4-11(22)5-8-13/h4-10H,1-3H3,(H,26,31). The number of aromatic nitrogens is 4. The molecule has 0 atom stereocenters. The van der Waals surface area contributed by atoms with Gasteiger partial charge in [-0.1, -0.05) is 26.0 Å². The predicted octanol–water partition coefficient (Wildman–Crippen LogP) is 5.12. The van der Waals surface area contributed by atoms with E-state index in [9.17, 15) is 22.4 Å². The quantitative estimate of drug-likeness (QED) is 0.441. The van der Waals surface area contributed by atoms with E-state index in [0.29, 0.717) is 21.7 Å². The number of nitrogens with zero attached hydrogens (tertiary/aromatic N) is 4. The van der Waals surface area contributed by atoms with Crippen molar-refractivity contribution in [3.63, 3.8) is 0 Å². The molecule has 4 rings (SSSR count). The Morgan fingerprint density at radius 2 is 1.75 bits per heavy atom. The molecule has 2 aromatic carbocycles. The zero-order chi connectivity index (χ0) is 23.3. The van der Waals surface area contributed by atoms with Crippen LogP contribution in [-0.4, -0.2) is 25.9 Å². The highest BCUT2D eigenvalue weighted by Crippen LogP contribution is 2.33. The number of anilines is 1. The predicted molar refractivity (Wildman–Crippen MR) is 107 cm³/mol. The highest BCUT2D eigenvalue weighted by Gasteiger charge is 2.42. The number of carbonyl (C=O) groups excluding carboxylic acids is 1. The summed E-state index contributed by atoms with van der Waals surface area (Å²) in [6, 6.07) is 8.70. The molecule has 0 unspecified atom stereocenters. The highest BCUT2D eigenvalue weighted by molar-refractivity contribution is 6.04. The van der Waals surface area contributed by atoms with E-state index in [1.54, 1.807) is 6.07 Å². The molecule has 0 saturated heterocycles. The second-order valence-electron chi connectivity index (χ2n) is 8.08. The van der Waals surface area contributed by atoms with Gasteiger partial charge in [-0.15, -0.1) is 5.10 Å². The summed E-state index contributed by atoms with van der Waals surface area (Å²) in [6.45, 7) is 5.76. The Balaban J connectivity index is 1.68. The molecule has 0 radical (unpaired) electrons. The molecule has 32 heavy (non-hydrogen) atoms. The molecule has 4 aromatic rings. The van der Waals surface area contributed by atoms with Crippen LogP contribution in [0.2, 0.25) is 0 Å². The molecule has 0 aliphatic carbocycles. The Hall–Kier alpha value is -3.76. The monoisotopic (exact) mass is 447 g/mol. The Bertz CT molecular complexity index is 1300. The highest BCUT2D eigenvalue weighted by atomic mass is 19.4. The maximum atomic E-state index is 13.8. The third-order valence-electron chi connectivity index (χ3n) is 4.51. The lowest BCUT2D eigenvalue weighted by molar-refractivity contribution is -0.143. The van der Waals surface area contributed by atoms with Gasteiger partial charge >= 0.3 is 6.18 Å². The fraction of sp³-hybridized carbons (Fsp3) is 0.238. The topological polar surface area (TPSA) is 85.8 Å². The first kappa shape index (κ1) is 21.5. The zero-order valence-corrected chi connectivity index (χ0v) is 17.2. The van der Waals surface area contributed by atoms with Crippen LogP contribution >= 0.6 is 0 Å². The molecule has 11 heteroatoms. The summed E-state index contributed by atoms with van der Waals surface area (Å²) in [5.41, 5.74) is -1.60. The van der Waals surface area contributed by atoms with E-state index in [1.807, 2.05) is 20.8 Å². The zero-order valence-electron chi connectivity index (χ0n) is 17.2. The van der Waals surface area contributed by atoms with Crippen LogP contribution in [0.15, 0.2) is 46.9 Å². The fourth-order valence-electron chi connectivity index (χ4n) is 2.97. The molecule has 166 valence electrons. The summed E-state index contributed by atoms with van der Waals surface area (Å²) in [5, 5.41) is 9.28. The molecule has 1 amide bonds. The molecule has 0 fully saturated rings.